The highest BCUT2D eigenvalue weighted by atomic mass is 19.1. The Morgan fingerprint density at radius 2 is 2.05 bits per heavy atom. The number of hydrogen-bond acceptors (Lipinski definition) is 4. The minimum Gasteiger partial charge on any atom is -0.490 e. The van der Waals surface area contributed by atoms with Crippen molar-refractivity contribution in [2.75, 3.05) is 13.1 Å². The van der Waals surface area contributed by atoms with E-state index in [0.717, 1.165) is 43.9 Å². The molecule has 116 valence electrons. The molecule has 5 heteroatoms. The Hall–Kier alpha value is -2.01. The van der Waals surface area contributed by atoms with Gasteiger partial charge in [0.15, 0.2) is 0 Å². The van der Waals surface area contributed by atoms with E-state index in [0.29, 0.717) is 5.75 Å². The second kappa shape index (κ2) is 6.83. The number of aromatic nitrogens is 2. The number of piperidine rings is 1. The maximum atomic E-state index is 13.2. The first-order chi connectivity index (χ1) is 10.7. The van der Waals surface area contributed by atoms with Crippen LogP contribution in [0.15, 0.2) is 36.7 Å². The normalized spacial score (nSPS) is 16.6. The van der Waals surface area contributed by atoms with Crippen LogP contribution in [0.3, 0.4) is 0 Å². The second-order valence-corrected chi connectivity index (χ2v) is 5.70. The molecule has 3 rings (SSSR count). The Kier molecular flexibility index (Phi) is 4.63. The van der Waals surface area contributed by atoms with Gasteiger partial charge in [-0.3, -0.25) is 14.9 Å². The molecule has 0 radical (unpaired) electrons. The van der Waals surface area contributed by atoms with Crippen LogP contribution in [0.4, 0.5) is 4.39 Å². The molecule has 1 aromatic carbocycles. The predicted molar refractivity (Wildman–Crippen MR) is 82.1 cm³/mol. The van der Waals surface area contributed by atoms with Crippen molar-refractivity contribution in [2.45, 2.75) is 32.4 Å². The van der Waals surface area contributed by atoms with Gasteiger partial charge < -0.3 is 4.74 Å². The van der Waals surface area contributed by atoms with Gasteiger partial charge in [0.2, 0.25) is 0 Å². The van der Waals surface area contributed by atoms with Crippen LogP contribution in [0.5, 0.6) is 5.75 Å². The quantitative estimate of drug-likeness (QED) is 0.870. The van der Waals surface area contributed by atoms with E-state index in [1.165, 1.54) is 12.1 Å². The number of halogens is 1. The minimum atomic E-state index is -0.257. The zero-order valence-electron chi connectivity index (χ0n) is 12.7. The summed E-state index contributed by atoms with van der Waals surface area (Å²) < 4.78 is 19.0. The Bertz CT molecular complexity index is 610. The smallest absolute Gasteiger partial charge is 0.126 e. The Morgan fingerprint density at radius 1 is 1.23 bits per heavy atom. The molecule has 1 fully saturated rings. The molecule has 0 spiro atoms. The van der Waals surface area contributed by atoms with Gasteiger partial charge in [0, 0.05) is 38.1 Å². The predicted octanol–water partition coefficient (Wildman–Crippen LogP) is 2.97. The average molecular weight is 301 g/mol. The van der Waals surface area contributed by atoms with Crippen LogP contribution in [0, 0.1) is 12.7 Å². The van der Waals surface area contributed by atoms with Gasteiger partial charge >= 0.3 is 0 Å². The second-order valence-electron chi connectivity index (χ2n) is 5.70. The van der Waals surface area contributed by atoms with Crippen LogP contribution in [0.25, 0.3) is 0 Å². The van der Waals surface area contributed by atoms with Gasteiger partial charge in [0.1, 0.15) is 17.7 Å². The first-order valence-electron chi connectivity index (χ1n) is 7.61. The Balaban J connectivity index is 1.49. The maximum absolute atomic E-state index is 13.2. The highest BCUT2D eigenvalue weighted by Crippen LogP contribution is 2.20. The standard InChI is InChI=1S/C17H20FN3O/c1-13-10-20-15(11-19-13)12-21-7-5-16(6-8-21)22-17-4-2-3-14(18)9-17/h2-4,9-11,16H,5-8,12H2,1H3. The van der Waals surface area contributed by atoms with E-state index in [9.17, 15) is 4.39 Å². The third-order valence-electron chi connectivity index (χ3n) is 3.85. The number of likely N-dealkylation sites (tertiary alicyclic amines) is 1. The molecule has 1 aliphatic heterocycles. The molecule has 1 saturated heterocycles. The Labute approximate surface area is 130 Å². The molecule has 0 bridgehead atoms. The van der Waals surface area contributed by atoms with Crippen molar-refractivity contribution in [3.63, 3.8) is 0 Å². The molecule has 4 nitrogen and oxygen atoms in total. The van der Waals surface area contributed by atoms with Gasteiger partial charge in [-0.2, -0.15) is 0 Å². The number of benzene rings is 1. The molecule has 0 amide bonds. The topological polar surface area (TPSA) is 38.2 Å². The monoisotopic (exact) mass is 301 g/mol. The fraction of sp³-hybridized carbons (Fsp3) is 0.412. The summed E-state index contributed by atoms with van der Waals surface area (Å²) in [6, 6.07) is 6.35. The van der Waals surface area contributed by atoms with Crippen LogP contribution in [-0.4, -0.2) is 34.1 Å². The van der Waals surface area contributed by atoms with E-state index >= 15 is 0 Å². The van der Waals surface area contributed by atoms with Crippen molar-refractivity contribution < 1.29 is 9.13 Å². The average Bonchev–Trinajstić information content (AvgIpc) is 2.52. The van der Waals surface area contributed by atoms with Crippen LogP contribution < -0.4 is 4.74 Å². The molecule has 0 atom stereocenters. The Morgan fingerprint density at radius 3 is 2.73 bits per heavy atom. The lowest BCUT2D eigenvalue weighted by Crippen LogP contribution is -2.38. The number of hydrogen-bond donors (Lipinski definition) is 0. The molecular formula is C17H20FN3O. The lowest BCUT2D eigenvalue weighted by atomic mass is 10.1. The fourth-order valence-electron chi connectivity index (χ4n) is 2.65. The van der Waals surface area contributed by atoms with Crippen molar-refractivity contribution in [2.24, 2.45) is 0 Å². The summed E-state index contributed by atoms with van der Waals surface area (Å²) >= 11 is 0. The number of rotatable bonds is 4. The SMILES string of the molecule is Cc1cnc(CN2CCC(Oc3cccc(F)c3)CC2)cn1. The first-order valence-corrected chi connectivity index (χ1v) is 7.61. The summed E-state index contributed by atoms with van der Waals surface area (Å²) in [7, 11) is 0. The summed E-state index contributed by atoms with van der Waals surface area (Å²) in [5, 5.41) is 0. The third kappa shape index (κ3) is 4.01. The largest absolute Gasteiger partial charge is 0.490 e. The molecule has 0 N–H and O–H groups in total. The number of nitrogens with zero attached hydrogens (tertiary/aromatic N) is 3. The van der Waals surface area contributed by atoms with Crippen molar-refractivity contribution >= 4 is 0 Å². The van der Waals surface area contributed by atoms with Crippen LogP contribution >= 0.6 is 0 Å². The molecule has 2 aromatic rings. The summed E-state index contributed by atoms with van der Waals surface area (Å²) in [6.45, 7) is 4.66. The molecule has 1 aromatic heterocycles. The summed E-state index contributed by atoms with van der Waals surface area (Å²) in [5.41, 5.74) is 1.93. The van der Waals surface area contributed by atoms with Crippen molar-refractivity contribution in [3.05, 3.63) is 53.9 Å². The van der Waals surface area contributed by atoms with Gasteiger partial charge in [0.05, 0.1) is 11.4 Å². The maximum Gasteiger partial charge on any atom is 0.126 e. The number of aryl methyl sites for hydroxylation is 1. The number of ether oxygens (including phenoxy) is 1. The van der Waals surface area contributed by atoms with Gasteiger partial charge in [-0.05, 0) is 31.9 Å². The molecule has 22 heavy (non-hydrogen) atoms. The lowest BCUT2D eigenvalue weighted by Gasteiger charge is -2.31. The van der Waals surface area contributed by atoms with Crippen molar-refractivity contribution in [1.82, 2.24) is 14.9 Å². The van der Waals surface area contributed by atoms with Gasteiger partial charge in [0.25, 0.3) is 0 Å². The summed E-state index contributed by atoms with van der Waals surface area (Å²) in [6.07, 6.45) is 5.67. The van der Waals surface area contributed by atoms with Crippen LogP contribution in [-0.2, 0) is 6.54 Å². The molecule has 2 heterocycles. The molecular weight excluding hydrogens is 281 g/mol. The molecule has 0 saturated carbocycles. The molecule has 1 aliphatic rings. The van der Waals surface area contributed by atoms with Crippen LogP contribution in [0.1, 0.15) is 24.2 Å². The van der Waals surface area contributed by atoms with E-state index in [4.69, 9.17) is 4.74 Å². The zero-order chi connectivity index (χ0) is 15.4. The van der Waals surface area contributed by atoms with Gasteiger partial charge in [-0.15, -0.1) is 0 Å². The van der Waals surface area contributed by atoms with Gasteiger partial charge in [-0.1, -0.05) is 6.07 Å². The van der Waals surface area contributed by atoms with E-state index in [1.54, 1.807) is 18.3 Å². The van der Waals surface area contributed by atoms with E-state index < -0.39 is 0 Å². The minimum absolute atomic E-state index is 0.155. The highest BCUT2D eigenvalue weighted by Gasteiger charge is 2.21. The van der Waals surface area contributed by atoms with Crippen LogP contribution in [0.2, 0.25) is 0 Å². The fourth-order valence-corrected chi connectivity index (χ4v) is 2.65. The van der Waals surface area contributed by atoms with Crippen molar-refractivity contribution in [3.8, 4) is 5.75 Å². The molecule has 0 unspecified atom stereocenters. The van der Waals surface area contributed by atoms with E-state index in [-0.39, 0.29) is 11.9 Å². The van der Waals surface area contributed by atoms with Crippen molar-refractivity contribution in [1.29, 1.82) is 0 Å². The third-order valence-corrected chi connectivity index (χ3v) is 3.85. The lowest BCUT2D eigenvalue weighted by molar-refractivity contribution is 0.0958. The summed E-state index contributed by atoms with van der Waals surface area (Å²) in [5.74, 6) is 0.357. The van der Waals surface area contributed by atoms with E-state index in [1.807, 2.05) is 13.1 Å². The highest BCUT2D eigenvalue weighted by molar-refractivity contribution is 5.22. The molecule has 0 aliphatic carbocycles. The zero-order valence-corrected chi connectivity index (χ0v) is 12.7. The summed E-state index contributed by atoms with van der Waals surface area (Å²) in [4.78, 5) is 11.0. The van der Waals surface area contributed by atoms with E-state index in [2.05, 4.69) is 14.9 Å². The first kappa shape index (κ1) is 14.9. The van der Waals surface area contributed by atoms with Gasteiger partial charge in [-0.25, -0.2) is 4.39 Å².